The Morgan fingerprint density at radius 2 is 0.691 bits per heavy atom. The van der Waals surface area contributed by atoms with Crippen molar-refractivity contribution in [1.29, 1.82) is 0 Å². The first-order chi connectivity index (χ1) is 33.6. The summed E-state index contributed by atoms with van der Waals surface area (Å²) in [5.74, 6) is 0.179. The molecule has 0 radical (unpaired) electrons. The van der Waals surface area contributed by atoms with Crippen LogP contribution >= 0.6 is 0 Å². The average molecular weight is 879 g/mol. The number of fused-ring (bicyclic) bond motifs is 2. The van der Waals surface area contributed by atoms with Gasteiger partial charge in [0.2, 0.25) is 0 Å². The van der Waals surface area contributed by atoms with Crippen LogP contribution in [0.5, 0.6) is 0 Å². The molecule has 9 aromatic rings. The molecule has 0 N–H and O–H groups in total. The van der Waals surface area contributed by atoms with Crippen molar-refractivity contribution in [3.05, 3.63) is 322 Å². The van der Waals surface area contributed by atoms with Crippen LogP contribution in [0.4, 0.5) is 22.7 Å². The number of para-hydroxylation sites is 2. The van der Waals surface area contributed by atoms with Crippen LogP contribution in [0.25, 0.3) is 11.4 Å². The SMILES string of the molecule is Cc1ccc(N(C2=c3ccccc3=C(N(c3ccccc3)c3ccc(C)cc3)C3CC=CC=C23)c2ccccc2)cc1.c1ccc(Cc2ccccc2)cc1.c1ccc(Cc2ccccc2)cc1. The molecule has 1 atom stereocenters. The summed E-state index contributed by atoms with van der Waals surface area (Å²) in [6.45, 7) is 4.30. The van der Waals surface area contributed by atoms with Gasteiger partial charge in [-0.05, 0) is 109 Å². The third-order valence-corrected chi connectivity index (χ3v) is 12.5. The van der Waals surface area contributed by atoms with Crippen LogP contribution in [0.3, 0.4) is 0 Å². The number of anilines is 4. The lowest BCUT2D eigenvalue weighted by atomic mass is 9.80. The van der Waals surface area contributed by atoms with Gasteiger partial charge in [-0.1, -0.05) is 236 Å². The number of benzene rings is 9. The van der Waals surface area contributed by atoms with E-state index in [0.717, 1.165) is 30.6 Å². The molecule has 0 amide bonds. The summed E-state index contributed by atoms with van der Waals surface area (Å²) >= 11 is 0. The predicted octanol–water partition coefficient (Wildman–Crippen LogP) is 15.3. The van der Waals surface area contributed by atoms with Crippen molar-refractivity contribution in [3.8, 4) is 0 Å². The van der Waals surface area contributed by atoms with E-state index >= 15 is 0 Å². The van der Waals surface area contributed by atoms with Gasteiger partial charge in [0, 0.05) is 44.8 Å². The second kappa shape index (κ2) is 22.3. The lowest BCUT2D eigenvalue weighted by Gasteiger charge is -2.40. The molecule has 0 saturated carbocycles. The molecular formula is C66H58N2. The van der Waals surface area contributed by atoms with Gasteiger partial charge >= 0.3 is 0 Å². The van der Waals surface area contributed by atoms with E-state index in [1.54, 1.807) is 0 Å². The van der Waals surface area contributed by atoms with E-state index < -0.39 is 0 Å². The molecule has 0 bridgehead atoms. The fourth-order valence-corrected chi connectivity index (χ4v) is 9.15. The molecule has 1 unspecified atom stereocenters. The van der Waals surface area contributed by atoms with Crippen molar-refractivity contribution in [2.45, 2.75) is 33.1 Å². The van der Waals surface area contributed by atoms with E-state index in [2.05, 4.69) is 297 Å². The molecule has 0 saturated heterocycles. The summed E-state index contributed by atoms with van der Waals surface area (Å²) < 4.78 is 0. The molecule has 0 aromatic heterocycles. The van der Waals surface area contributed by atoms with Gasteiger partial charge < -0.3 is 9.80 Å². The summed E-state index contributed by atoms with van der Waals surface area (Å²) in [5.41, 5.74) is 16.5. The third kappa shape index (κ3) is 11.1. The first-order valence-electron chi connectivity index (χ1n) is 23.8. The van der Waals surface area contributed by atoms with Gasteiger partial charge in [0.05, 0.1) is 5.70 Å². The zero-order valence-electron chi connectivity index (χ0n) is 39.1. The highest BCUT2D eigenvalue weighted by atomic mass is 15.2. The normalized spacial score (nSPS) is 13.3. The second-order valence-corrected chi connectivity index (χ2v) is 17.4. The molecule has 0 heterocycles. The van der Waals surface area contributed by atoms with Crippen molar-refractivity contribution in [2.24, 2.45) is 5.92 Å². The lowest BCUT2D eigenvalue weighted by Crippen LogP contribution is -2.45. The summed E-state index contributed by atoms with van der Waals surface area (Å²) in [4.78, 5) is 4.93. The van der Waals surface area contributed by atoms with Gasteiger partial charge in [-0.2, -0.15) is 0 Å². The number of hydrogen-bond donors (Lipinski definition) is 0. The highest BCUT2D eigenvalue weighted by molar-refractivity contribution is 5.94. The number of hydrogen-bond acceptors (Lipinski definition) is 2. The predicted molar refractivity (Wildman–Crippen MR) is 289 cm³/mol. The first-order valence-corrected chi connectivity index (χ1v) is 23.8. The molecule has 9 aromatic carbocycles. The Hall–Kier alpha value is -8.20. The van der Waals surface area contributed by atoms with Crippen LogP contribution < -0.4 is 20.2 Å². The molecule has 0 spiro atoms. The number of nitrogens with zero attached hydrogens (tertiary/aromatic N) is 2. The molecule has 68 heavy (non-hydrogen) atoms. The molecule has 332 valence electrons. The highest BCUT2D eigenvalue weighted by Crippen LogP contribution is 2.45. The third-order valence-electron chi connectivity index (χ3n) is 12.5. The maximum atomic E-state index is 2.48. The second-order valence-electron chi connectivity index (χ2n) is 17.4. The highest BCUT2D eigenvalue weighted by Gasteiger charge is 2.35. The summed E-state index contributed by atoms with van der Waals surface area (Å²) in [6, 6.07) is 90.5. The van der Waals surface area contributed by atoms with Crippen LogP contribution in [0.1, 0.15) is 39.8 Å². The Bertz CT molecular complexity index is 3010. The largest absolute Gasteiger partial charge is 0.313 e. The van der Waals surface area contributed by atoms with E-state index in [0.29, 0.717) is 0 Å². The Morgan fingerprint density at radius 3 is 1.12 bits per heavy atom. The van der Waals surface area contributed by atoms with Gasteiger partial charge in [-0.25, -0.2) is 0 Å². The Labute approximate surface area is 403 Å². The molecule has 2 aliphatic rings. The minimum Gasteiger partial charge on any atom is -0.313 e. The first kappa shape index (κ1) is 45.0. The number of aryl methyl sites for hydroxylation is 2. The maximum absolute atomic E-state index is 2.48. The Balaban J connectivity index is 0.000000179. The molecular weight excluding hydrogens is 821 g/mol. The average Bonchev–Trinajstić information content (AvgIpc) is 3.40. The summed E-state index contributed by atoms with van der Waals surface area (Å²) in [7, 11) is 0. The van der Waals surface area contributed by atoms with Crippen LogP contribution in [-0.2, 0) is 12.8 Å². The van der Waals surface area contributed by atoms with E-state index in [1.165, 1.54) is 72.2 Å². The van der Waals surface area contributed by atoms with Crippen LogP contribution in [0, 0.1) is 19.8 Å². The zero-order chi connectivity index (χ0) is 46.3. The van der Waals surface area contributed by atoms with Gasteiger partial charge in [0.1, 0.15) is 0 Å². The molecule has 2 heteroatoms. The fraction of sp³-hybridized carbons (Fsp3) is 0.0909. The lowest BCUT2D eigenvalue weighted by molar-refractivity contribution is 0.772. The summed E-state index contributed by atoms with van der Waals surface area (Å²) in [6.07, 6.45) is 9.88. The molecule has 2 aliphatic carbocycles. The Kier molecular flexibility index (Phi) is 14.8. The van der Waals surface area contributed by atoms with Gasteiger partial charge in [0.25, 0.3) is 0 Å². The molecule has 0 aliphatic heterocycles. The number of allylic oxidation sites excluding steroid dienone is 3. The minimum atomic E-state index is 0.179. The monoisotopic (exact) mass is 878 g/mol. The van der Waals surface area contributed by atoms with Crippen molar-refractivity contribution >= 4 is 34.1 Å². The number of rotatable bonds is 10. The zero-order valence-corrected chi connectivity index (χ0v) is 39.1. The van der Waals surface area contributed by atoms with Crippen molar-refractivity contribution < 1.29 is 0 Å². The molecule has 0 fully saturated rings. The van der Waals surface area contributed by atoms with E-state index in [-0.39, 0.29) is 5.92 Å². The molecule has 2 nitrogen and oxygen atoms in total. The van der Waals surface area contributed by atoms with Gasteiger partial charge in [0.15, 0.2) is 0 Å². The van der Waals surface area contributed by atoms with E-state index in [4.69, 9.17) is 0 Å². The summed E-state index contributed by atoms with van der Waals surface area (Å²) in [5, 5.41) is 2.50. The van der Waals surface area contributed by atoms with Crippen molar-refractivity contribution in [2.75, 3.05) is 9.80 Å². The smallest absolute Gasteiger partial charge is 0.0579 e. The van der Waals surface area contributed by atoms with E-state index in [1.807, 2.05) is 0 Å². The fourth-order valence-electron chi connectivity index (χ4n) is 9.15. The molecule has 11 rings (SSSR count). The van der Waals surface area contributed by atoms with Crippen LogP contribution in [0.2, 0.25) is 0 Å². The standard InChI is InChI=1S/C40H34N2.2C13H12/c1-29-21-25-33(26-22-29)41(31-13-5-3-6-14-31)39-35-17-9-11-19-37(35)40(38-20-12-10-18-36(38)39)42(32-15-7-4-8-16-32)34-27-23-30(2)24-28-34;2*1-3-7-12(8-4-1)11-13-9-5-2-6-10-13/h3-19,21-28,38H,20H2,1-2H3;2*1-10H,11H2. The van der Waals surface area contributed by atoms with Gasteiger partial charge in [-0.3, -0.25) is 0 Å². The van der Waals surface area contributed by atoms with E-state index in [9.17, 15) is 0 Å². The van der Waals surface area contributed by atoms with Crippen LogP contribution in [-0.4, -0.2) is 0 Å². The minimum absolute atomic E-state index is 0.179. The quantitative estimate of drug-likeness (QED) is 0.135. The Morgan fingerprint density at radius 1 is 0.353 bits per heavy atom. The van der Waals surface area contributed by atoms with Crippen molar-refractivity contribution in [1.82, 2.24) is 0 Å². The van der Waals surface area contributed by atoms with Crippen molar-refractivity contribution in [3.63, 3.8) is 0 Å². The van der Waals surface area contributed by atoms with Gasteiger partial charge in [-0.15, -0.1) is 0 Å². The topological polar surface area (TPSA) is 6.48 Å². The maximum Gasteiger partial charge on any atom is 0.0579 e. The van der Waals surface area contributed by atoms with Crippen LogP contribution in [0.15, 0.2) is 279 Å².